The molecule has 0 saturated carbocycles. The zero-order chi connectivity index (χ0) is 12.1. The number of hydrogen-bond acceptors (Lipinski definition) is 2. The number of amides is 1. The van der Waals surface area contributed by atoms with Crippen molar-refractivity contribution in [3.63, 3.8) is 0 Å². The molecule has 3 heteroatoms. The fraction of sp³-hybridized carbons (Fsp3) is 0.357. The van der Waals surface area contributed by atoms with Crippen molar-refractivity contribution in [1.29, 1.82) is 0 Å². The number of nitrogens with one attached hydrogen (secondary N) is 2. The van der Waals surface area contributed by atoms with Crippen molar-refractivity contribution in [1.82, 2.24) is 5.32 Å². The van der Waals surface area contributed by atoms with Gasteiger partial charge in [0.1, 0.15) is 0 Å². The molecule has 0 bridgehead atoms. The number of terminal acetylenes is 1. The van der Waals surface area contributed by atoms with Crippen LogP contribution in [0.4, 0.5) is 5.69 Å². The fourth-order valence-electron chi connectivity index (χ4n) is 1.97. The third-order valence-electron chi connectivity index (χ3n) is 2.86. The Hall–Kier alpha value is -1.95. The molecule has 1 aliphatic heterocycles. The Bertz CT molecular complexity index is 460. The smallest absolute Gasteiger partial charge is 0.251 e. The Morgan fingerprint density at radius 3 is 3.24 bits per heavy atom. The molecule has 1 aliphatic rings. The summed E-state index contributed by atoms with van der Waals surface area (Å²) >= 11 is 0. The highest BCUT2D eigenvalue weighted by Crippen LogP contribution is 2.22. The zero-order valence-electron chi connectivity index (χ0n) is 9.75. The standard InChI is InChI=1S/C14H16N2O/c1-2-3-8-16-14(17)12-6-7-13-11(10-12)5-4-9-15-13/h1,6-7,10,15H,3-5,8-9H2,(H,16,17). The Labute approximate surface area is 102 Å². The molecule has 0 saturated heterocycles. The van der Waals surface area contributed by atoms with Crippen LogP contribution in [0, 0.1) is 12.3 Å². The van der Waals surface area contributed by atoms with E-state index in [0.29, 0.717) is 18.5 Å². The van der Waals surface area contributed by atoms with Gasteiger partial charge in [-0.05, 0) is 36.6 Å². The van der Waals surface area contributed by atoms with Crippen molar-refractivity contribution in [3.8, 4) is 12.3 Å². The minimum atomic E-state index is -0.0476. The number of aryl methyl sites for hydroxylation is 1. The SMILES string of the molecule is C#CCCNC(=O)c1ccc2c(c1)CCCN2. The summed E-state index contributed by atoms with van der Waals surface area (Å²) in [5.41, 5.74) is 3.08. The van der Waals surface area contributed by atoms with Gasteiger partial charge in [0.15, 0.2) is 0 Å². The van der Waals surface area contributed by atoms with E-state index in [1.165, 1.54) is 5.56 Å². The minimum absolute atomic E-state index is 0.0476. The molecule has 2 N–H and O–H groups in total. The minimum Gasteiger partial charge on any atom is -0.385 e. The highest BCUT2D eigenvalue weighted by atomic mass is 16.1. The van der Waals surface area contributed by atoms with Gasteiger partial charge in [-0.2, -0.15) is 0 Å². The molecule has 0 unspecified atom stereocenters. The van der Waals surface area contributed by atoms with Crippen LogP contribution >= 0.6 is 0 Å². The van der Waals surface area contributed by atoms with Crippen LogP contribution < -0.4 is 10.6 Å². The summed E-state index contributed by atoms with van der Waals surface area (Å²) in [4.78, 5) is 11.8. The summed E-state index contributed by atoms with van der Waals surface area (Å²) in [6.45, 7) is 1.55. The molecule has 2 rings (SSSR count). The third-order valence-corrected chi connectivity index (χ3v) is 2.86. The van der Waals surface area contributed by atoms with Crippen LogP contribution in [0.25, 0.3) is 0 Å². The largest absolute Gasteiger partial charge is 0.385 e. The predicted octanol–water partition coefficient (Wildman–Crippen LogP) is 1.80. The van der Waals surface area contributed by atoms with Gasteiger partial charge in [-0.3, -0.25) is 4.79 Å². The maximum atomic E-state index is 11.8. The molecular weight excluding hydrogens is 212 g/mol. The average molecular weight is 228 g/mol. The van der Waals surface area contributed by atoms with E-state index in [9.17, 15) is 4.79 Å². The molecular formula is C14H16N2O. The van der Waals surface area contributed by atoms with Gasteiger partial charge >= 0.3 is 0 Å². The molecule has 0 fully saturated rings. The lowest BCUT2D eigenvalue weighted by molar-refractivity contribution is 0.0954. The van der Waals surface area contributed by atoms with Gasteiger partial charge < -0.3 is 10.6 Å². The van der Waals surface area contributed by atoms with Crippen molar-refractivity contribution < 1.29 is 4.79 Å². The Kier molecular flexibility index (Phi) is 3.66. The zero-order valence-corrected chi connectivity index (χ0v) is 9.75. The average Bonchev–Trinajstić information content (AvgIpc) is 2.38. The van der Waals surface area contributed by atoms with E-state index in [1.807, 2.05) is 18.2 Å². The first kappa shape index (κ1) is 11.5. The van der Waals surface area contributed by atoms with Crippen LogP contribution in [0.3, 0.4) is 0 Å². The van der Waals surface area contributed by atoms with Crippen molar-refractivity contribution in [2.45, 2.75) is 19.3 Å². The maximum Gasteiger partial charge on any atom is 0.251 e. The van der Waals surface area contributed by atoms with Crippen LogP contribution in [0.5, 0.6) is 0 Å². The van der Waals surface area contributed by atoms with Gasteiger partial charge in [0.2, 0.25) is 0 Å². The number of anilines is 1. The monoisotopic (exact) mass is 228 g/mol. The number of rotatable bonds is 3. The summed E-state index contributed by atoms with van der Waals surface area (Å²) in [6.07, 6.45) is 7.86. The topological polar surface area (TPSA) is 41.1 Å². The third kappa shape index (κ3) is 2.79. The second-order valence-corrected chi connectivity index (χ2v) is 4.11. The van der Waals surface area contributed by atoms with E-state index >= 15 is 0 Å². The van der Waals surface area contributed by atoms with Gasteiger partial charge in [-0.15, -0.1) is 12.3 Å². The van der Waals surface area contributed by atoms with E-state index in [4.69, 9.17) is 6.42 Å². The molecule has 1 aromatic carbocycles. The Morgan fingerprint density at radius 2 is 2.41 bits per heavy atom. The molecule has 3 nitrogen and oxygen atoms in total. The quantitative estimate of drug-likeness (QED) is 0.612. The van der Waals surface area contributed by atoms with E-state index in [-0.39, 0.29) is 5.91 Å². The lowest BCUT2D eigenvalue weighted by Gasteiger charge is -2.18. The normalized spacial score (nSPS) is 13.1. The molecule has 0 atom stereocenters. The van der Waals surface area contributed by atoms with Crippen molar-refractivity contribution >= 4 is 11.6 Å². The maximum absolute atomic E-state index is 11.8. The number of fused-ring (bicyclic) bond motifs is 1. The molecule has 0 spiro atoms. The van der Waals surface area contributed by atoms with E-state index < -0.39 is 0 Å². The van der Waals surface area contributed by atoms with Crippen molar-refractivity contribution in [3.05, 3.63) is 29.3 Å². The van der Waals surface area contributed by atoms with Crippen LogP contribution in [0.2, 0.25) is 0 Å². The first-order valence-corrected chi connectivity index (χ1v) is 5.90. The molecule has 17 heavy (non-hydrogen) atoms. The molecule has 0 aromatic heterocycles. The fourth-order valence-corrected chi connectivity index (χ4v) is 1.97. The van der Waals surface area contributed by atoms with Gasteiger partial charge in [0, 0.05) is 30.8 Å². The summed E-state index contributed by atoms with van der Waals surface area (Å²) < 4.78 is 0. The van der Waals surface area contributed by atoms with Crippen LogP contribution in [0.1, 0.15) is 28.8 Å². The summed E-state index contributed by atoms with van der Waals surface area (Å²) in [6, 6.07) is 5.79. The van der Waals surface area contributed by atoms with E-state index in [2.05, 4.69) is 16.6 Å². The van der Waals surface area contributed by atoms with Crippen LogP contribution in [0.15, 0.2) is 18.2 Å². The predicted molar refractivity (Wildman–Crippen MR) is 69.0 cm³/mol. The summed E-state index contributed by atoms with van der Waals surface area (Å²) in [5, 5.41) is 6.13. The molecule has 88 valence electrons. The lowest BCUT2D eigenvalue weighted by atomic mass is 10.0. The first-order chi connectivity index (χ1) is 8.31. The van der Waals surface area contributed by atoms with Gasteiger partial charge in [-0.1, -0.05) is 0 Å². The first-order valence-electron chi connectivity index (χ1n) is 5.90. The second kappa shape index (κ2) is 5.40. The molecule has 1 aromatic rings. The van der Waals surface area contributed by atoms with Crippen LogP contribution in [-0.4, -0.2) is 19.0 Å². The van der Waals surface area contributed by atoms with Gasteiger partial charge in [0.25, 0.3) is 5.91 Å². The number of carbonyl (C=O) groups is 1. The Morgan fingerprint density at radius 1 is 1.53 bits per heavy atom. The summed E-state index contributed by atoms with van der Waals surface area (Å²) in [5.74, 6) is 2.45. The van der Waals surface area contributed by atoms with E-state index in [1.54, 1.807) is 0 Å². The number of benzene rings is 1. The van der Waals surface area contributed by atoms with Gasteiger partial charge in [-0.25, -0.2) is 0 Å². The van der Waals surface area contributed by atoms with Gasteiger partial charge in [0.05, 0.1) is 0 Å². The van der Waals surface area contributed by atoms with Crippen LogP contribution in [-0.2, 0) is 6.42 Å². The van der Waals surface area contributed by atoms with E-state index in [0.717, 1.165) is 25.1 Å². The molecule has 1 amide bonds. The Balaban J connectivity index is 2.06. The lowest BCUT2D eigenvalue weighted by Crippen LogP contribution is -2.24. The highest BCUT2D eigenvalue weighted by molar-refractivity contribution is 5.94. The summed E-state index contributed by atoms with van der Waals surface area (Å²) in [7, 11) is 0. The number of hydrogen-bond donors (Lipinski definition) is 2. The molecule has 0 radical (unpaired) electrons. The van der Waals surface area contributed by atoms with Crippen molar-refractivity contribution in [2.75, 3.05) is 18.4 Å². The molecule has 0 aliphatic carbocycles. The second-order valence-electron chi connectivity index (χ2n) is 4.11. The highest BCUT2D eigenvalue weighted by Gasteiger charge is 2.11. The number of carbonyl (C=O) groups excluding carboxylic acids is 1. The molecule has 1 heterocycles. The van der Waals surface area contributed by atoms with Crippen molar-refractivity contribution in [2.24, 2.45) is 0 Å².